The van der Waals surface area contributed by atoms with Gasteiger partial charge in [0.25, 0.3) is 0 Å². The number of carbonyl (C=O) groups is 1. The van der Waals surface area contributed by atoms with E-state index in [1.807, 2.05) is 0 Å². The standard InChI is InChI=1S/C8H7ClFNO/c1-4(12)6-2-5(9)3-7(10)8(6)11/h2-3H,11H2,1H3. The number of nitrogen functional groups attached to an aromatic ring is 1. The molecule has 0 atom stereocenters. The Bertz CT molecular complexity index is 338. The number of benzene rings is 1. The minimum atomic E-state index is -0.660. The van der Waals surface area contributed by atoms with E-state index < -0.39 is 5.82 Å². The summed E-state index contributed by atoms with van der Waals surface area (Å²) in [5.41, 5.74) is 5.28. The summed E-state index contributed by atoms with van der Waals surface area (Å²) in [5.74, 6) is -0.957. The molecule has 0 aromatic heterocycles. The smallest absolute Gasteiger partial charge is 0.162 e. The molecule has 0 saturated heterocycles. The second-order valence-electron chi connectivity index (χ2n) is 2.41. The van der Waals surface area contributed by atoms with Crippen LogP contribution in [0.4, 0.5) is 10.1 Å². The van der Waals surface area contributed by atoms with Gasteiger partial charge in [0, 0.05) is 10.6 Å². The number of anilines is 1. The van der Waals surface area contributed by atoms with Gasteiger partial charge in [-0.15, -0.1) is 0 Å². The van der Waals surface area contributed by atoms with Gasteiger partial charge in [0.2, 0.25) is 0 Å². The van der Waals surface area contributed by atoms with Crippen LogP contribution in [0, 0.1) is 5.82 Å². The van der Waals surface area contributed by atoms with Crippen molar-refractivity contribution in [1.29, 1.82) is 0 Å². The molecule has 0 saturated carbocycles. The van der Waals surface area contributed by atoms with Gasteiger partial charge in [-0.05, 0) is 19.1 Å². The highest BCUT2D eigenvalue weighted by molar-refractivity contribution is 6.31. The van der Waals surface area contributed by atoms with Crippen LogP contribution < -0.4 is 5.73 Å². The van der Waals surface area contributed by atoms with Crippen LogP contribution in [0.15, 0.2) is 12.1 Å². The third kappa shape index (κ3) is 1.56. The zero-order chi connectivity index (χ0) is 9.30. The van der Waals surface area contributed by atoms with Crippen LogP contribution in [-0.2, 0) is 0 Å². The van der Waals surface area contributed by atoms with Crippen molar-refractivity contribution >= 4 is 23.1 Å². The first-order valence-corrected chi connectivity index (χ1v) is 3.65. The monoisotopic (exact) mass is 187 g/mol. The number of carbonyl (C=O) groups excluding carboxylic acids is 1. The molecule has 2 N–H and O–H groups in total. The topological polar surface area (TPSA) is 43.1 Å². The van der Waals surface area contributed by atoms with E-state index in [0.717, 1.165) is 6.07 Å². The number of hydrogen-bond acceptors (Lipinski definition) is 2. The normalized spacial score (nSPS) is 9.92. The molecular formula is C8H7ClFNO. The number of nitrogens with two attached hydrogens (primary N) is 1. The predicted molar refractivity (Wildman–Crippen MR) is 45.8 cm³/mol. The minimum absolute atomic E-state index is 0.125. The molecule has 1 rings (SSSR count). The van der Waals surface area contributed by atoms with E-state index >= 15 is 0 Å². The largest absolute Gasteiger partial charge is 0.396 e. The Balaban J connectivity index is 3.37. The van der Waals surface area contributed by atoms with Crippen LogP contribution in [0.5, 0.6) is 0 Å². The Morgan fingerprint density at radius 3 is 2.67 bits per heavy atom. The van der Waals surface area contributed by atoms with E-state index in [9.17, 15) is 9.18 Å². The fourth-order valence-corrected chi connectivity index (χ4v) is 1.08. The van der Waals surface area contributed by atoms with Crippen LogP contribution in [0.2, 0.25) is 5.02 Å². The molecule has 0 spiro atoms. The van der Waals surface area contributed by atoms with Gasteiger partial charge in [0.1, 0.15) is 5.82 Å². The van der Waals surface area contributed by atoms with Gasteiger partial charge in [-0.1, -0.05) is 11.6 Å². The average Bonchev–Trinajstić information content (AvgIpc) is 1.96. The third-order valence-electron chi connectivity index (χ3n) is 1.47. The molecule has 0 aliphatic carbocycles. The van der Waals surface area contributed by atoms with Crippen molar-refractivity contribution in [3.05, 3.63) is 28.5 Å². The zero-order valence-electron chi connectivity index (χ0n) is 6.40. The van der Waals surface area contributed by atoms with Crippen molar-refractivity contribution in [3.63, 3.8) is 0 Å². The Hall–Kier alpha value is -1.09. The number of hydrogen-bond donors (Lipinski definition) is 1. The molecule has 0 bridgehead atoms. The minimum Gasteiger partial charge on any atom is -0.396 e. The molecule has 12 heavy (non-hydrogen) atoms. The van der Waals surface area contributed by atoms with Crippen molar-refractivity contribution in [2.45, 2.75) is 6.92 Å². The first-order valence-electron chi connectivity index (χ1n) is 3.28. The molecule has 0 amide bonds. The van der Waals surface area contributed by atoms with Crippen LogP contribution in [0.25, 0.3) is 0 Å². The van der Waals surface area contributed by atoms with Gasteiger partial charge < -0.3 is 5.73 Å². The Labute approximate surface area is 74.1 Å². The van der Waals surface area contributed by atoms with E-state index in [-0.39, 0.29) is 22.1 Å². The van der Waals surface area contributed by atoms with E-state index in [2.05, 4.69) is 0 Å². The first-order chi connectivity index (χ1) is 5.52. The van der Waals surface area contributed by atoms with Crippen LogP contribution in [0.3, 0.4) is 0 Å². The lowest BCUT2D eigenvalue weighted by Gasteiger charge is -2.02. The molecule has 4 heteroatoms. The average molecular weight is 188 g/mol. The number of Topliss-reactive ketones (excluding diaryl/α,β-unsaturated/α-hetero) is 1. The first kappa shape index (κ1) is 9.00. The van der Waals surface area contributed by atoms with Crippen molar-refractivity contribution in [2.75, 3.05) is 5.73 Å². The second kappa shape index (κ2) is 3.11. The van der Waals surface area contributed by atoms with E-state index in [4.69, 9.17) is 17.3 Å². The van der Waals surface area contributed by atoms with Crippen molar-refractivity contribution in [1.82, 2.24) is 0 Å². The van der Waals surface area contributed by atoms with Gasteiger partial charge in [-0.25, -0.2) is 4.39 Å². The predicted octanol–water partition coefficient (Wildman–Crippen LogP) is 2.26. The SMILES string of the molecule is CC(=O)c1cc(Cl)cc(F)c1N. The van der Waals surface area contributed by atoms with Crippen molar-refractivity contribution in [3.8, 4) is 0 Å². The molecule has 0 unspecified atom stereocenters. The molecule has 2 nitrogen and oxygen atoms in total. The second-order valence-corrected chi connectivity index (χ2v) is 2.84. The summed E-state index contributed by atoms with van der Waals surface area (Å²) in [6, 6.07) is 2.42. The summed E-state index contributed by atoms with van der Waals surface area (Å²) in [4.78, 5) is 10.9. The highest BCUT2D eigenvalue weighted by atomic mass is 35.5. The van der Waals surface area contributed by atoms with Crippen molar-refractivity contribution in [2.24, 2.45) is 0 Å². The lowest BCUT2D eigenvalue weighted by Crippen LogP contribution is -2.02. The molecule has 0 fully saturated rings. The molecule has 0 heterocycles. The number of ketones is 1. The molecule has 1 aromatic rings. The Morgan fingerprint density at radius 2 is 2.17 bits per heavy atom. The van der Waals surface area contributed by atoms with E-state index in [0.29, 0.717) is 0 Å². The fraction of sp³-hybridized carbons (Fsp3) is 0.125. The highest BCUT2D eigenvalue weighted by Crippen LogP contribution is 2.22. The van der Waals surface area contributed by atoms with E-state index in [1.165, 1.54) is 13.0 Å². The van der Waals surface area contributed by atoms with Gasteiger partial charge in [0.15, 0.2) is 5.78 Å². The molecule has 0 aliphatic rings. The summed E-state index contributed by atoms with van der Waals surface area (Å²) in [6.07, 6.45) is 0. The van der Waals surface area contributed by atoms with Crippen LogP contribution in [0.1, 0.15) is 17.3 Å². The summed E-state index contributed by atoms with van der Waals surface area (Å²) in [7, 11) is 0. The quantitative estimate of drug-likeness (QED) is 0.541. The van der Waals surface area contributed by atoms with Gasteiger partial charge >= 0.3 is 0 Å². The molecular weight excluding hydrogens is 181 g/mol. The summed E-state index contributed by atoms with van der Waals surface area (Å²) in [5, 5.41) is 0.173. The van der Waals surface area contributed by atoms with Gasteiger partial charge in [0.05, 0.1) is 5.69 Å². The molecule has 0 aliphatic heterocycles. The van der Waals surface area contributed by atoms with Gasteiger partial charge in [-0.3, -0.25) is 4.79 Å². The summed E-state index contributed by atoms with van der Waals surface area (Å²) < 4.78 is 12.8. The highest BCUT2D eigenvalue weighted by Gasteiger charge is 2.10. The maximum absolute atomic E-state index is 12.8. The number of rotatable bonds is 1. The maximum atomic E-state index is 12.8. The third-order valence-corrected chi connectivity index (χ3v) is 1.69. The zero-order valence-corrected chi connectivity index (χ0v) is 7.15. The maximum Gasteiger partial charge on any atom is 0.162 e. The van der Waals surface area contributed by atoms with Crippen molar-refractivity contribution < 1.29 is 9.18 Å². The molecule has 1 aromatic carbocycles. The Kier molecular flexibility index (Phi) is 2.33. The Morgan fingerprint density at radius 1 is 1.58 bits per heavy atom. The van der Waals surface area contributed by atoms with Crippen LogP contribution in [-0.4, -0.2) is 5.78 Å². The summed E-state index contributed by atoms with van der Waals surface area (Å²) >= 11 is 5.52. The lowest BCUT2D eigenvalue weighted by atomic mass is 10.1. The lowest BCUT2D eigenvalue weighted by molar-refractivity contribution is 0.101. The fourth-order valence-electron chi connectivity index (χ4n) is 0.876. The van der Waals surface area contributed by atoms with Crippen LogP contribution >= 0.6 is 11.6 Å². The summed E-state index contributed by atoms with van der Waals surface area (Å²) in [6.45, 7) is 1.31. The number of halogens is 2. The van der Waals surface area contributed by atoms with E-state index in [1.54, 1.807) is 0 Å². The van der Waals surface area contributed by atoms with Gasteiger partial charge in [-0.2, -0.15) is 0 Å². The molecule has 64 valence electrons. The molecule has 0 radical (unpaired) electrons.